The molecule has 7 nitrogen and oxygen atoms in total. The van der Waals surface area contributed by atoms with E-state index >= 15 is 0 Å². The van der Waals surface area contributed by atoms with E-state index in [0.29, 0.717) is 19.6 Å². The number of anilines is 1. The van der Waals surface area contributed by atoms with Crippen molar-refractivity contribution in [1.29, 1.82) is 0 Å². The van der Waals surface area contributed by atoms with Crippen LogP contribution in [0.3, 0.4) is 0 Å². The highest BCUT2D eigenvalue weighted by atomic mass is 16.5. The quantitative estimate of drug-likeness (QED) is 0.933. The minimum atomic E-state index is -0.0422. The van der Waals surface area contributed by atoms with Crippen molar-refractivity contribution in [3.05, 3.63) is 41.5 Å². The van der Waals surface area contributed by atoms with Crippen molar-refractivity contribution < 1.29 is 9.32 Å². The zero-order valence-electron chi connectivity index (χ0n) is 13.5. The predicted octanol–water partition coefficient (Wildman–Crippen LogP) is 1.72. The predicted molar refractivity (Wildman–Crippen MR) is 86.2 cm³/mol. The lowest BCUT2D eigenvalue weighted by atomic mass is 10.2. The first-order valence-corrected chi connectivity index (χ1v) is 7.74. The number of urea groups is 1. The Labute approximate surface area is 135 Å². The van der Waals surface area contributed by atoms with E-state index in [9.17, 15) is 4.79 Å². The minimum Gasteiger partial charge on any atom is -0.368 e. The van der Waals surface area contributed by atoms with Crippen LogP contribution in [0.1, 0.15) is 17.0 Å². The van der Waals surface area contributed by atoms with Crippen LogP contribution in [0.15, 0.2) is 29.0 Å². The Balaban J connectivity index is 1.50. The monoisotopic (exact) mass is 315 g/mol. The number of carbonyl (C=O) groups is 1. The van der Waals surface area contributed by atoms with E-state index in [1.54, 1.807) is 12.4 Å². The second kappa shape index (κ2) is 6.68. The Morgan fingerprint density at radius 2 is 1.91 bits per heavy atom. The normalized spacial score (nSPS) is 14.9. The summed E-state index contributed by atoms with van der Waals surface area (Å²) in [6.07, 6.45) is 3.58. The maximum absolute atomic E-state index is 12.3. The van der Waals surface area contributed by atoms with Gasteiger partial charge in [-0.1, -0.05) is 5.16 Å². The number of carbonyl (C=O) groups excluding carboxylic acids is 1. The number of hydrogen-bond acceptors (Lipinski definition) is 5. The summed E-state index contributed by atoms with van der Waals surface area (Å²) in [5.74, 6) is 0.755. The van der Waals surface area contributed by atoms with Crippen molar-refractivity contribution in [2.24, 2.45) is 0 Å². The Bertz CT molecular complexity index is 643. The van der Waals surface area contributed by atoms with Crippen molar-refractivity contribution in [1.82, 2.24) is 20.4 Å². The second-order valence-electron chi connectivity index (χ2n) is 5.64. The summed E-state index contributed by atoms with van der Waals surface area (Å²) < 4.78 is 5.11. The molecule has 2 amide bonds. The average Bonchev–Trinajstić information content (AvgIpc) is 2.92. The largest absolute Gasteiger partial charge is 0.368 e. The molecule has 0 saturated carbocycles. The topological polar surface area (TPSA) is 74.5 Å². The van der Waals surface area contributed by atoms with Crippen molar-refractivity contribution >= 4 is 11.7 Å². The van der Waals surface area contributed by atoms with E-state index in [2.05, 4.69) is 20.4 Å². The third-order valence-corrected chi connectivity index (χ3v) is 4.19. The molecule has 1 aliphatic heterocycles. The molecule has 3 heterocycles. The summed E-state index contributed by atoms with van der Waals surface area (Å²) in [6.45, 7) is 7.24. The summed E-state index contributed by atoms with van der Waals surface area (Å²) in [5.41, 5.74) is 2.93. The lowest BCUT2D eigenvalue weighted by Crippen LogP contribution is -2.51. The molecule has 122 valence electrons. The van der Waals surface area contributed by atoms with Gasteiger partial charge >= 0.3 is 6.03 Å². The van der Waals surface area contributed by atoms with Crippen LogP contribution in [0, 0.1) is 13.8 Å². The Kier molecular flexibility index (Phi) is 4.45. The van der Waals surface area contributed by atoms with Gasteiger partial charge in [0.25, 0.3) is 0 Å². The van der Waals surface area contributed by atoms with Gasteiger partial charge in [-0.25, -0.2) is 4.79 Å². The number of piperazine rings is 1. The molecule has 0 unspecified atom stereocenters. The molecule has 1 aliphatic rings. The van der Waals surface area contributed by atoms with Crippen LogP contribution in [-0.4, -0.2) is 47.3 Å². The average molecular weight is 315 g/mol. The van der Waals surface area contributed by atoms with Gasteiger partial charge in [0.05, 0.1) is 5.69 Å². The highest BCUT2D eigenvalue weighted by Gasteiger charge is 2.21. The molecule has 3 rings (SSSR count). The van der Waals surface area contributed by atoms with Gasteiger partial charge in [0.1, 0.15) is 5.76 Å². The van der Waals surface area contributed by atoms with Gasteiger partial charge in [0, 0.05) is 56.4 Å². The first-order valence-electron chi connectivity index (χ1n) is 7.74. The van der Waals surface area contributed by atoms with Crippen molar-refractivity contribution in [3.63, 3.8) is 0 Å². The molecule has 0 spiro atoms. The van der Waals surface area contributed by atoms with Crippen LogP contribution >= 0.6 is 0 Å². The molecular formula is C16H21N5O2. The van der Waals surface area contributed by atoms with E-state index in [1.807, 2.05) is 30.9 Å². The SMILES string of the molecule is Cc1noc(C)c1CNC(=O)N1CCN(c2ccncc2)CC1. The molecule has 1 saturated heterocycles. The second-order valence-corrected chi connectivity index (χ2v) is 5.64. The lowest BCUT2D eigenvalue weighted by Gasteiger charge is -2.36. The number of aryl methyl sites for hydroxylation is 2. The van der Waals surface area contributed by atoms with Crippen LogP contribution in [0.2, 0.25) is 0 Å². The molecule has 2 aromatic rings. The van der Waals surface area contributed by atoms with Crippen LogP contribution in [0.4, 0.5) is 10.5 Å². The van der Waals surface area contributed by atoms with Gasteiger partial charge in [-0.2, -0.15) is 0 Å². The minimum absolute atomic E-state index is 0.0422. The lowest BCUT2D eigenvalue weighted by molar-refractivity contribution is 0.194. The summed E-state index contributed by atoms with van der Waals surface area (Å²) >= 11 is 0. The molecule has 0 radical (unpaired) electrons. The molecule has 2 aromatic heterocycles. The third-order valence-electron chi connectivity index (χ3n) is 4.19. The summed E-state index contributed by atoms with van der Waals surface area (Å²) in [4.78, 5) is 20.4. The number of aromatic nitrogens is 2. The summed E-state index contributed by atoms with van der Waals surface area (Å²) in [7, 11) is 0. The van der Waals surface area contributed by atoms with Gasteiger partial charge in [-0.3, -0.25) is 4.98 Å². The summed E-state index contributed by atoms with van der Waals surface area (Å²) in [5, 5.41) is 6.85. The zero-order chi connectivity index (χ0) is 16.2. The molecule has 1 fully saturated rings. The molecule has 0 atom stereocenters. The molecular weight excluding hydrogens is 294 g/mol. The van der Waals surface area contributed by atoms with Crippen LogP contribution in [0.25, 0.3) is 0 Å². The fourth-order valence-corrected chi connectivity index (χ4v) is 2.75. The Hall–Kier alpha value is -2.57. The standard InChI is InChI=1S/C16H21N5O2/c1-12-15(13(2)23-19-12)11-18-16(22)21-9-7-20(8-10-21)14-3-5-17-6-4-14/h3-6H,7-11H2,1-2H3,(H,18,22). The smallest absolute Gasteiger partial charge is 0.317 e. The molecule has 7 heteroatoms. The Morgan fingerprint density at radius 3 is 2.52 bits per heavy atom. The number of nitrogens with zero attached hydrogens (tertiary/aromatic N) is 4. The Morgan fingerprint density at radius 1 is 1.22 bits per heavy atom. The fraction of sp³-hybridized carbons (Fsp3) is 0.438. The molecule has 0 bridgehead atoms. The number of nitrogens with one attached hydrogen (secondary N) is 1. The number of hydrogen-bond donors (Lipinski definition) is 1. The number of amides is 2. The highest BCUT2D eigenvalue weighted by molar-refractivity contribution is 5.74. The van der Waals surface area contributed by atoms with Crippen LogP contribution in [-0.2, 0) is 6.54 Å². The highest BCUT2D eigenvalue weighted by Crippen LogP contribution is 2.15. The van der Waals surface area contributed by atoms with Crippen molar-refractivity contribution in [3.8, 4) is 0 Å². The zero-order valence-corrected chi connectivity index (χ0v) is 13.5. The molecule has 1 N–H and O–H groups in total. The number of pyridine rings is 1. The third kappa shape index (κ3) is 3.44. The van der Waals surface area contributed by atoms with E-state index < -0.39 is 0 Å². The van der Waals surface area contributed by atoms with E-state index in [-0.39, 0.29) is 6.03 Å². The first-order chi connectivity index (χ1) is 11.1. The van der Waals surface area contributed by atoms with Crippen molar-refractivity contribution in [2.75, 3.05) is 31.1 Å². The van der Waals surface area contributed by atoms with E-state index in [1.165, 1.54) is 0 Å². The van der Waals surface area contributed by atoms with Crippen LogP contribution in [0.5, 0.6) is 0 Å². The van der Waals surface area contributed by atoms with Gasteiger partial charge in [0.2, 0.25) is 0 Å². The van der Waals surface area contributed by atoms with Crippen LogP contribution < -0.4 is 10.2 Å². The molecule has 0 aromatic carbocycles. The van der Waals surface area contributed by atoms with Crippen molar-refractivity contribution in [2.45, 2.75) is 20.4 Å². The first kappa shape index (κ1) is 15.3. The van der Waals surface area contributed by atoms with Gasteiger partial charge in [0.15, 0.2) is 0 Å². The van der Waals surface area contributed by atoms with Gasteiger partial charge in [-0.15, -0.1) is 0 Å². The van der Waals surface area contributed by atoms with E-state index in [4.69, 9.17) is 4.52 Å². The maximum Gasteiger partial charge on any atom is 0.317 e. The molecule has 23 heavy (non-hydrogen) atoms. The maximum atomic E-state index is 12.3. The van der Waals surface area contributed by atoms with Gasteiger partial charge in [-0.05, 0) is 26.0 Å². The fourth-order valence-electron chi connectivity index (χ4n) is 2.75. The van der Waals surface area contributed by atoms with E-state index in [0.717, 1.165) is 35.8 Å². The number of rotatable bonds is 3. The molecule has 0 aliphatic carbocycles. The summed E-state index contributed by atoms with van der Waals surface area (Å²) in [6, 6.07) is 3.94. The van der Waals surface area contributed by atoms with Gasteiger partial charge < -0.3 is 19.6 Å².